The summed E-state index contributed by atoms with van der Waals surface area (Å²) >= 11 is 0. The van der Waals surface area contributed by atoms with Crippen LogP contribution in [0.5, 0.6) is 0 Å². The molecule has 0 saturated carbocycles. The van der Waals surface area contributed by atoms with Gasteiger partial charge in [-0.3, -0.25) is 0 Å². The molecule has 0 fully saturated rings. The monoisotopic (exact) mass is 182 g/mol. The predicted molar refractivity (Wildman–Crippen MR) is 48.7 cm³/mol. The Kier molecular flexibility index (Phi) is 2.40. The second-order valence-corrected chi connectivity index (χ2v) is 4.29. The Labute approximate surface area is 77.0 Å². The molecule has 0 aromatic carbocycles. The molecule has 1 rings (SSSR count). The van der Waals surface area contributed by atoms with Gasteiger partial charge in [-0.1, -0.05) is 20.8 Å². The lowest BCUT2D eigenvalue weighted by atomic mass is 9.92. The van der Waals surface area contributed by atoms with Gasteiger partial charge in [-0.2, -0.15) is 0 Å². The molecular weight excluding hydrogens is 168 g/mol. The van der Waals surface area contributed by atoms with Crippen molar-refractivity contribution in [3.8, 4) is 0 Å². The highest BCUT2D eigenvalue weighted by atomic mass is 16.4. The lowest BCUT2D eigenvalue weighted by molar-refractivity contribution is 0.0691. The minimum absolute atomic E-state index is 0.119. The molecule has 13 heavy (non-hydrogen) atoms. The van der Waals surface area contributed by atoms with Crippen molar-refractivity contribution in [2.45, 2.75) is 27.2 Å². The second kappa shape index (κ2) is 3.20. The van der Waals surface area contributed by atoms with E-state index in [-0.39, 0.29) is 11.1 Å². The summed E-state index contributed by atoms with van der Waals surface area (Å²) in [5.41, 5.74) is 0.271. The second-order valence-electron chi connectivity index (χ2n) is 4.29. The van der Waals surface area contributed by atoms with Crippen molar-refractivity contribution >= 4 is 5.97 Å². The number of carboxylic acid groups (broad SMARTS) is 1. The Morgan fingerprint density at radius 3 is 2.62 bits per heavy atom. The van der Waals surface area contributed by atoms with Crippen LogP contribution < -0.4 is 0 Å². The zero-order valence-electron chi connectivity index (χ0n) is 8.09. The molecule has 2 N–H and O–H groups in total. The largest absolute Gasteiger partial charge is 0.477 e. The molecule has 1 heterocycles. The summed E-state index contributed by atoms with van der Waals surface area (Å²) in [6, 6.07) is 0. The first kappa shape index (κ1) is 9.77. The van der Waals surface area contributed by atoms with Crippen LogP contribution in [0.15, 0.2) is 6.20 Å². The van der Waals surface area contributed by atoms with E-state index in [0.29, 0.717) is 0 Å². The lowest BCUT2D eigenvalue weighted by Gasteiger charge is -2.15. The van der Waals surface area contributed by atoms with Crippen LogP contribution in [0.4, 0.5) is 0 Å². The van der Waals surface area contributed by atoms with E-state index in [0.717, 1.165) is 12.2 Å². The van der Waals surface area contributed by atoms with Gasteiger partial charge in [-0.05, 0) is 5.41 Å². The van der Waals surface area contributed by atoms with Crippen molar-refractivity contribution in [2.24, 2.45) is 5.41 Å². The van der Waals surface area contributed by atoms with Crippen LogP contribution in [0, 0.1) is 5.41 Å². The third-order valence-electron chi connectivity index (χ3n) is 1.56. The summed E-state index contributed by atoms with van der Waals surface area (Å²) in [7, 11) is 0. The van der Waals surface area contributed by atoms with Crippen LogP contribution in [0.25, 0.3) is 0 Å². The molecule has 0 radical (unpaired) electrons. The zero-order chi connectivity index (χ0) is 10.1. The van der Waals surface area contributed by atoms with Gasteiger partial charge in [0.25, 0.3) is 0 Å². The summed E-state index contributed by atoms with van der Waals surface area (Å²) < 4.78 is 0. The maximum atomic E-state index is 10.5. The minimum Gasteiger partial charge on any atom is -0.477 e. The van der Waals surface area contributed by atoms with E-state index in [2.05, 4.69) is 30.7 Å². The average molecular weight is 182 g/mol. The van der Waals surface area contributed by atoms with Crippen molar-refractivity contribution in [1.29, 1.82) is 0 Å². The molecule has 0 bridgehead atoms. The fourth-order valence-electron chi connectivity index (χ4n) is 1.06. The molecule has 0 amide bonds. The first-order valence-electron chi connectivity index (χ1n) is 4.16. The summed E-state index contributed by atoms with van der Waals surface area (Å²) in [6.07, 6.45) is 2.10. The van der Waals surface area contributed by atoms with Crippen LogP contribution in [0.1, 0.15) is 37.1 Å². The smallest absolute Gasteiger partial charge is 0.353 e. The first-order valence-corrected chi connectivity index (χ1v) is 4.16. The molecule has 0 spiro atoms. The standard InChI is InChI=1S/C9H14N2O2/c1-9(2,3)4-7-10-5-6(11-7)8(12)13/h5H,4H2,1-3H3,(H,10,11)(H,12,13). The van der Waals surface area contributed by atoms with Gasteiger partial charge in [0.1, 0.15) is 11.5 Å². The Morgan fingerprint density at radius 1 is 1.62 bits per heavy atom. The van der Waals surface area contributed by atoms with Gasteiger partial charge in [-0.25, -0.2) is 9.78 Å². The van der Waals surface area contributed by atoms with E-state index in [9.17, 15) is 4.79 Å². The number of hydrogen-bond donors (Lipinski definition) is 2. The number of rotatable bonds is 2. The topological polar surface area (TPSA) is 66.0 Å². The number of nitrogens with zero attached hydrogens (tertiary/aromatic N) is 1. The molecule has 72 valence electrons. The molecule has 0 atom stereocenters. The molecule has 1 aromatic heterocycles. The quantitative estimate of drug-likeness (QED) is 0.731. The van der Waals surface area contributed by atoms with E-state index in [4.69, 9.17) is 5.11 Å². The maximum Gasteiger partial charge on any atom is 0.353 e. The zero-order valence-corrected chi connectivity index (χ0v) is 8.09. The summed E-state index contributed by atoms with van der Waals surface area (Å²) in [5.74, 6) is -0.238. The fourth-order valence-corrected chi connectivity index (χ4v) is 1.06. The van der Waals surface area contributed by atoms with Crippen LogP contribution in [-0.2, 0) is 6.42 Å². The number of nitrogens with one attached hydrogen (secondary N) is 1. The Hall–Kier alpha value is -1.32. The SMILES string of the molecule is CC(C)(C)Cc1ncc(C(=O)O)[nH]1. The van der Waals surface area contributed by atoms with Crippen molar-refractivity contribution in [3.63, 3.8) is 0 Å². The molecule has 0 aliphatic carbocycles. The van der Waals surface area contributed by atoms with E-state index in [1.807, 2.05) is 0 Å². The highest BCUT2D eigenvalue weighted by molar-refractivity contribution is 5.84. The van der Waals surface area contributed by atoms with E-state index < -0.39 is 5.97 Å². The fraction of sp³-hybridized carbons (Fsp3) is 0.556. The third-order valence-corrected chi connectivity index (χ3v) is 1.56. The average Bonchev–Trinajstić information content (AvgIpc) is 2.31. The Morgan fingerprint density at radius 2 is 2.23 bits per heavy atom. The molecular formula is C9H14N2O2. The highest BCUT2D eigenvalue weighted by Crippen LogP contribution is 2.18. The first-order chi connectivity index (χ1) is 5.88. The van der Waals surface area contributed by atoms with Gasteiger partial charge in [0.15, 0.2) is 0 Å². The molecule has 0 aliphatic heterocycles. The number of aromatic nitrogens is 2. The number of aromatic carboxylic acids is 1. The number of carboxylic acids is 1. The van der Waals surface area contributed by atoms with Crippen LogP contribution in [0.3, 0.4) is 0 Å². The number of imidazole rings is 1. The molecule has 0 aliphatic rings. The van der Waals surface area contributed by atoms with Crippen molar-refractivity contribution < 1.29 is 9.90 Å². The van der Waals surface area contributed by atoms with Crippen molar-refractivity contribution in [3.05, 3.63) is 17.7 Å². The minimum atomic E-state index is -0.965. The summed E-state index contributed by atoms with van der Waals surface area (Å²) in [4.78, 5) is 17.3. The Balaban J connectivity index is 2.75. The van der Waals surface area contributed by atoms with Gasteiger partial charge in [-0.15, -0.1) is 0 Å². The van der Waals surface area contributed by atoms with Crippen LogP contribution in [-0.4, -0.2) is 21.0 Å². The van der Waals surface area contributed by atoms with Gasteiger partial charge >= 0.3 is 5.97 Å². The van der Waals surface area contributed by atoms with Gasteiger partial charge in [0.05, 0.1) is 6.20 Å². The van der Waals surface area contributed by atoms with Crippen LogP contribution >= 0.6 is 0 Å². The van der Waals surface area contributed by atoms with E-state index in [1.165, 1.54) is 6.20 Å². The molecule has 1 aromatic rings. The Bertz CT molecular complexity index is 310. The van der Waals surface area contributed by atoms with Crippen LogP contribution in [0.2, 0.25) is 0 Å². The van der Waals surface area contributed by atoms with E-state index >= 15 is 0 Å². The highest BCUT2D eigenvalue weighted by Gasteiger charge is 2.15. The number of aromatic amines is 1. The van der Waals surface area contributed by atoms with Crippen molar-refractivity contribution in [2.75, 3.05) is 0 Å². The van der Waals surface area contributed by atoms with Crippen molar-refractivity contribution in [1.82, 2.24) is 9.97 Å². The van der Waals surface area contributed by atoms with Gasteiger partial charge in [0, 0.05) is 6.42 Å². The molecule has 0 unspecified atom stereocenters. The molecule has 0 saturated heterocycles. The van der Waals surface area contributed by atoms with Gasteiger partial charge in [0.2, 0.25) is 0 Å². The maximum absolute atomic E-state index is 10.5. The van der Waals surface area contributed by atoms with Gasteiger partial charge < -0.3 is 10.1 Å². The molecule has 4 nitrogen and oxygen atoms in total. The predicted octanol–water partition coefficient (Wildman–Crippen LogP) is 1.70. The number of carbonyl (C=O) groups is 1. The summed E-state index contributed by atoms with van der Waals surface area (Å²) in [6.45, 7) is 6.24. The number of H-pyrrole nitrogens is 1. The molecule has 4 heteroatoms. The lowest BCUT2D eigenvalue weighted by Crippen LogP contribution is -2.10. The summed E-state index contributed by atoms with van der Waals surface area (Å²) in [5, 5.41) is 8.63. The number of hydrogen-bond acceptors (Lipinski definition) is 2. The van der Waals surface area contributed by atoms with E-state index in [1.54, 1.807) is 0 Å². The third kappa shape index (κ3) is 2.89. The normalized spacial score (nSPS) is 11.6.